The fraction of sp³-hybridized carbons (Fsp3) is 0.385. The van der Waals surface area contributed by atoms with Crippen molar-refractivity contribution in [2.24, 2.45) is 0 Å². The standard InChI is InChI=1S/C13H15BrN2O5/c14-9-3-7-1-2-21-11(7)8(4-9)5-15-13(20)16-6-10(17)12(18)19/h3-4,10,17H,1-2,5-6H2,(H,18,19)(H2,15,16,20)/t10-/m0/s1. The number of aliphatic hydroxyl groups excluding tert-OH is 1. The second kappa shape index (κ2) is 6.77. The number of carboxylic acid groups (broad SMARTS) is 1. The van der Waals surface area contributed by atoms with Crippen LogP contribution in [0.2, 0.25) is 0 Å². The fourth-order valence-corrected chi connectivity index (χ4v) is 2.54. The van der Waals surface area contributed by atoms with Crippen molar-refractivity contribution >= 4 is 27.9 Å². The molecule has 0 aromatic heterocycles. The summed E-state index contributed by atoms with van der Waals surface area (Å²) in [7, 11) is 0. The number of carbonyl (C=O) groups is 2. The summed E-state index contributed by atoms with van der Waals surface area (Å²) < 4.78 is 6.44. The van der Waals surface area contributed by atoms with Crippen LogP contribution in [-0.2, 0) is 17.8 Å². The van der Waals surface area contributed by atoms with Gasteiger partial charge in [-0.3, -0.25) is 0 Å². The van der Waals surface area contributed by atoms with Crippen molar-refractivity contribution in [3.63, 3.8) is 0 Å². The van der Waals surface area contributed by atoms with E-state index in [9.17, 15) is 9.59 Å². The van der Waals surface area contributed by atoms with Crippen molar-refractivity contribution in [2.45, 2.75) is 19.1 Å². The van der Waals surface area contributed by atoms with Crippen LogP contribution in [0.25, 0.3) is 0 Å². The van der Waals surface area contributed by atoms with Gasteiger partial charge in [-0.05, 0) is 17.7 Å². The van der Waals surface area contributed by atoms with E-state index in [0.717, 1.165) is 27.8 Å². The number of carbonyl (C=O) groups excluding carboxylic acids is 1. The first-order chi connectivity index (χ1) is 9.97. The summed E-state index contributed by atoms with van der Waals surface area (Å²) in [5, 5.41) is 22.4. The second-order valence-corrected chi connectivity index (χ2v) is 5.48. The van der Waals surface area contributed by atoms with Crippen LogP contribution in [0.15, 0.2) is 16.6 Å². The Morgan fingerprint density at radius 2 is 2.14 bits per heavy atom. The van der Waals surface area contributed by atoms with E-state index in [4.69, 9.17) is 14.9 Å². The van der Waals surface area contributed by atoms with Crippen LogP contribution in [-0.4, -0.2) is 41.5 Å². The molecule has 1 aliphatic heterocycles. The molecule has 0 unspecified atom stereocenters. The maximum Gasteiger partial charge on any atom is 0.334 e. The molecule has 1 aliphatic rings. The quantitative estimate of drug-likeness (QED) is 0.617. The molecule has 1 atom stereocenters. The Balaban J connectivity index is 1.89. The van der Waals surface area contributed by atoms with E-state index in [2.05, 4.69) is 26.6 Å². The molecule has 0 fully saturated rings. The highest BCUT2D eigenvalue weighted by Crippen LogP contribution is 2.32. The zero-order chi connectivity index (χ0) is 15.4. The first-order valence-electron chi connectivity index (χ1n) is 6.34. The van der Waals surface area contributed by atoms with Gasteiger partial charge in [0.2, 0.25) is 0 Å². The first-order valence-corrected chi connectivity index (χ1v) is 7.13. The lowest BCUT2D eigenvalue weighted by atomic mass is 10.1. The number of ether oxygens (including phenoxy) is 1. The molecule has 2 amide bonds. The molecule has 8 heteroatoms. The number of rotatable bonds is 5. The van der Waals surface area contributed by atoms with Gasteiger partial charge in [0, 0.05) is 23.0 Å². The van der Waals surface area contributed by atoms with Crippen LogP contribution in [0.4, 0.5) is 4.79 Å². The van der Waals surface area contributed by atoms with Gasteiger partial charge in [-0.25, -0.2) is 9.59 Å². The topological polar surface area (TPSA) is 108 Å². The lowest BCUT2D eigenvalue weighted by Crippen LogP contribution is -2.41. The Morgan fingerprint density at radius 3 is 2.86 bits per heavy atom. The lowest BCUT2D eigenvalue weighted by molar-refractivity contribution is -0.146. The summed E-state index contributed by atoms with van der Waals surface area (Å²) in [6, 6.07) is 3.29. The largest absolute Gasteiger partial charge is 0.493 e. The van der Waals surface area contributed by atoms with Gasteiger partial charge in [0.05, 0.1) is 13.2 Å². The van der Waals surface area contributed by atoms with Gasteiger partial charge in [-0.2, -0.15) is 0 Å². The maximum atomic E-state index is 11.5. The van der Waals surface area contributed by atoms with E-state index < -0.39 is 18.1 Å². The molecule has 21 heavy (non-hydrogen) atoms. The predicted molar refractivity (Wildman–Crippen MR) is 77.2 cm³/mol. The third-order valence-electron chi connectivity index (χ3n) is 3.01. The molecule has 1 heterocycles. The molecule has 114 valence electrons. The molecular formula is C13H15BrN2O5. The van der Waals surface area contributed by atoms with E-state index in [-0.39, 0.29) is 13.1 Å². The van der Waals surface area contributed by atoms with Crippen LogP contribution in [0, 0.1) is 0 Å². The first kappa shape index (κ1) is 15.6. The van der Waals surface area contributed by atoms with Crippen molar-refractivity contribution in [3.05, 3.63) is 27.7 Å². The predicted octanol–water partition coefficient (Wildman–Crippen LogP) is 0.629. The van der Waals surface area contributed by atoms with Gasteiger partial charge in [0.25, 0.3) is 0 Å². The molecule has 0 saturated carbocycles. The Hall–Kier alpha value is -1.80. The Kier molecular flexibility index (Phi) is 5.03. The minimum atomic E-state index is -1.62. The SMILES string of the molecule is O=C(NCc1cc(Br)cc2c1OCC2)NC[C@H](O)C(=O)O. The zero-order valence-electron chi connectivity index (χ0n) is 11.1. The minimum Gasteiger partial charge on any atom is -0.493 e. The van der Waals surface area contributed by atoms with E-state index in [1.165, 1.54) is 0 Å². The van der Waals surface area contributed by atoms with Gasteiger partial charge in [0.1, 0.15) is 5.75 Å². The van der Waals surface area contributed by atoms with Crippen molar-refractivity contribution in [3.8, 4) is 5.75 Å². The normalized spacial score (nSPS) is 14.0. The molecular weight excluding hydrogens is 344 g/mol. The maximum absolute atomic E-state index is 11.5. The summed E-state index contributed by atoms with van der Waals surface area (Å²) in [6.45, 7) is 0.515. The smallest absolute Gasteiger partial charge is 0.334 e. The van der Waals surface area contributed by atoms with Crippen molar-refractivity contribution < 1.29 is 24.5 Å². The van der Waals surface area contributed by atoms with Gasteiger partial charge < -0.3 is 25.6 Å². The Bertz CT molecular complexity index is 564. The number of hydrogen-bond donors (Lipinski definition) is 4. The molecule has 7 nitrogen and oxygen atoms in total. The van der Waals surface area contributed by atoms with Crippen LogP contribution in [0.5, 0.6) is 5.75 Å². The molecule has 2 rings (SSSR count). The Morgan fingerprint density at radius 1 is 1.38 bits per heavy atom. The molecule has 0 radical (unpaired) electrons. The third kappa shape index (κ3) is 4.08. The van der Waals surface area contributed by atoms with Crippen molar-refractivity contribution in [1.29, 1.82) is 0 Å². The summed E-state index contributed by atoms with van der Waals surface area (Å²) >= 11 is 3.41. The number of urea groups is 1. The number of hydrogen-bond acceptors (Lipinski definition) is 4. The van der Waals surface area contributed by atoms with Crippen molar-refractivity contribution in [1.82, 2.24) is 10.6 Å². The highest BCUT2D eigenvalue weighted by Gasteiger charge is 2.18. The number of halogens is 1. The number of aliphatic carboxylic acids is 1. The van der Waals surface area contributed by atoms with Gasteiger partial charge in [-0.1, -0.05) is 15.9 Å². The van der Waals surface area contributed by atoms with Crippen LogP contribution >= 0.6 is 15.9 Å². The van der Waals surface area contributed by atoms with Gasteiger partial charge in [0.15, 0.2) is 6.10 Å². The van der Waals surface area contributed by atoms with Crippen LogP contribution in [0.1, 0.15) is 11.1 Å². The van der Waals surface area contributed by atoms with Crippen LogP contribution in [0.3, 0.4) is 0 Å². The molecule has 0 aliphatic carbocycles. The highest BCUT2D eigenvalue weighted by molar-refractivity contribution is 9.10. The molecule has 4 N–H and O–H groups in total. The van der Waals surface area contributed by atoms with E-state index >= 15 is 0 Å². The Labute approximate surface area is 129 Å². The number of amides is 2. The summed E-state index contributed by atoms with van der Waals surface area (Å²) in [6.07, 6.45) is -0.784. The second-order valence-electron chi connectivity index (χ2n) is 4.57. The van der Waals surface area contributed by atoms with Crippen LogP contribution < -0.4 is 15.4 Å². The average molecular weight is 359 g/mol. The fourth-order valence-electron chi connectivity index (χ4n) is 1.99. The minimum absolute atomic E-state index is 0.247. The number of aliphatic hydroxyl groups is 1. The number of benzene rings is 1. The number of carboxylic acids is 1. The summed E-state index contributed by atoms with van der Waals surface area (Å²) in [5.41, 5.74) is 1.92. The molecule has 1 aromatic carbocycles. The van der Waals surface area contributed by atoms with E-state index in [1.54, 1.807) is 0 Å². The molecule has 0 spiro atoms. The molecule has 0 bridgehead atoms. The lowest BCUT2D eigenvalue weighted by Gasteiger charge is -2.12. The molecule has 1 aromatic rings. The highest BCUT2D eigenvalue weighted by atomic mass is 79.9. The number of fused-ring (bicyclic) bond motifs is 1. The average Bonchev–Trinajstić information content (AvgIpc) is 2.89. The van der Waals surface area contributed by atoms with E-state index in [0.29, 0.717) is 6.61 Å². The van der Waals surface area contributed by atoms with E-state index in [1.807, 2.05) is 12.1 Å². The third-order valence-corrected chi connectivity index (χ3v) is 3.46. The summed E-state index contributed by atoms with van der Waals surface area (Å²) in [4.78, 5) is 22.0. The van der Waals surface area contributed by atoms with Crippen molar-refractivity contribution in [2.75, 3.05) is 13.2 Å². The van der Waals surface area contributed by atoms with Gasteiger partial charge in [-0.15, -0.1) is 0 Å². The molecule has 0 saturated heterocycles. The summed E-state index contributed by atoms with van der Waals surface area (Å²) in [5.74, 6) is -0.599. The zero-order valence-corrected chi connectivity index (χ0v) is 12.6. The number of nitrogens with one attached hydrogen (secondary N) is 2. The van der Waals surface area contributed by atoms with Gasteiger partial charge >= 0.3 is 12.0 Å². The monoisotopic (exact) mass is 358 g/mol.